The summed E-state index contributed by atoms with van der Waals surface area (Å²) in [6.45, 7) is 1.88. The van der Waals surface area contributed by atoms with E-state index in [1.807, 2.05) is 132 Å². The van der Waals surface area contributed by atoms with Crippen molar-refractivity contribution in [2.75, 3.05) is 40.1 Å². The maximum atomic E-state index is 9.10. The van der Waals surface area contributed by atoms with E-state index in [9.17, 15) is 0 Å². The number of fused-ring (bicyclic) bond motifs is 4. The second-order valence-electron chi connectivity index (χ2n) is 17.2. The molecule has 0 N–H and O–H groups in total. The number of nitriles is 4. The van der Waals surface area contributed by atoms with Gasteiger partial charge in [-0.2, -0.15) is 26.0 Å². The number of methoxy groups -OCH3 is 2. The minimum Gasteiger partial charge on any atom is -0.481 e. The van der Waals surface area contributed by atoms with Gasteiger partial charge in [-0.25, -0.2) is 34.9 Å². The first-order valence-corrected chi connectivity index (χ1v) is 29.9. The van der Waals surface area contributed by atoms with Crippen LogP contribution in [0, 0.1) is 45.3 Å². The quantitative estimate of drug-likeness (QED) is 0.122. The zero-order valence-corrected chi connectivity index (χ0v) is 49.2. The van der Waals surface area contributed by atoms with E-state index in [4.69, 9.17) is 53.7 Å². The van der Waals surface area contributed by atoms with Crippen molar-refractivity contribution >= 4 is 163 Å². The van der Waals surface area contributed by atoms with Crippen molar-refractivity contribution in [3.05, 3.63) is 145 Å². The summed E-state index contributed by atoms with van der Waals surface area (Å²) >= 11 is 20.2. The Morgan fingerprint density at radius 1 is 0.506 bits per heavy atom. The molecule has 4 unspecified atom stereocenters. The number of rotatable bonds is 9. The predicted octanol–water partition coefficient (Wildman–Crippen LogP) is 13.9. The third-order valence-corrected chi connectivity index (χ3v) is 17.4. The number of benzene rings is 4. The first kappa shape index (κ1) is 57.5. The van der Waals surface area contributed by atoms with E-state index in [1.54, 1.807) is 83.4 Å². The molecular weight excluding hydrogens is 1160 g/mol. The lowest BCUT2D eigenvalue weighted by Crippen LogP contribution is -2.42. The molecule has 4 aromatic carbocycles. The van der Waals surface area contributed by atoms with Crippen LogP contribution in [0.1, 0.15) is 32.6 Å². The van der Waals surface area contributed by atoms with Crippen LogP contribution in [0.5, 0.6) is 0 Å². The van der Waals surface area contributed by atoms with Gasteiger partial charge in [-0.1, -0.05) is 106 Å². The lowest BCUT2D eigenvalue weighted by molar-refractivity contribution is 0.276. The van der Waals surface area contributed by atoms with Crippen LogP contribution in [0.15, 0.2) is 165 Å². The SMILES string of the molecule is CC1=CC(CC#N)N(c2nc3ccccc3s2)C(Cl)=N1.COC1=CC(CC#N)N(c2nc3ccccc3s2)C(OC)=N1.CSC1=NC=CC(CC#N)N1c1nc2ccccc2s1.N#CCC1C=CN=C(Cl)N1c1nc2ccccc2s1. The molecule has 0 fully saturated rings. The monoisotopic (exact) mass is 1200 g/mol. The molecule has 4 atom stereocenters. The van der Waals surface area contributed by atoms with Crippen molar-refractivity contribution in [3.63, 3.8) is 0 Å². The molecule has 0 bridgehead atoms. The largest absolute Gasteiger partial charge is 0.481 e. The molecule has 0 saturated carbocycles. The molecule has 8 aromatic rings. The molecule has 0 spiro atoms. The molecule has 0 amide bonds. The Kier molecular flexibility index (Phi) is 19.4. The van der Waals surface area contributed by atoms with E-state index >= 15 is 0 Å². The highest BCUT2D eigenvalue weighted by Crippen LogP contribution is 2.37. The Morgan fingerprint density at radius 3 is 1.33 bits per heavy atom. The number of halogens is 2. The number of aliphatic imine (C=N–C) groups is 4. The second kappa shape index (κ2) is 27.3. The first-order chi connectivity index (χ1) is 39.6. The number of allylic oxidation sites excluding steroid dienone is 1. The summed E-state index contributed by atoms with van der Waals surface area (Å²) in [6, 6.07) is 40.4. The van der Waals surface area contributed by atoms with Crippen LogP contribution in [0.3, 0.4) is 0 Å². The van der Waals surface area contributed by atoms with Gasteiger partial charge >= 0.3 is 6.02 Å². The number of nitrogens with zero attached hydrogens (tertiary/aromatic N) is 16. The van der Waals surface area contributed by atoms with Crippen LogP contribution in [0.4, 0.5) is 20.5 Å². The van der Waals surface area contributed by atoms with E-state index in [0.717, 1.165) is 72.3 Å². The Hall–Kier alpha value is -8.23. The van der Waals surface area contributed by atoms with Crippen LogP contribution in [0.2, 0.25) is 0 Å². The van der Waals surface area contributed by atoms with Gasteiger partial charge in [0.15, 0.2) is 25.7 Å². The Morgan fingerprint density at radius 2 is 0.901 bits per heavy atom. The van der Waals surface area contributed by atoms with Gasteiger partial charge in [0.2, 0.25) is 16.5 Å². The number of hydrogen-bond donors (Lipinski definition) is 0. The van der Waals surface area contributed by atoms with E-state index in [0.29, 0.717) is 41.8 Å². The Bertz CT molecular complexity index is 3890. The molecular formula is C56H46Cl2N16O2S5. The maximum absolute atomic E-state index is 9.10. The fourth-order valence-corrected chi connectivity index (χ4v) is 13.9. The fourth-order valence-electron chi connectivity index (χ4n) is 8.42. The molecule has 0 saturated heterocycles. The number of anilines is 4. The molecule has 18 nitrogen and oxygen atoms in total. The third kappa shape index (κ3) is 13.4. The number of hydrogen-bond acceptors (Lipinski definition) is 23. The summed E-state index contributed by atoms with van der Waals surface area (Å²) in [6.07, 6.45) is 14.4. The highest BCUT2D eigenvalue weighted by atomic mass is 35.5. The number of amidine groups is 4. The Labute approximate surface area is 496 Å². The molecule has 4 aliphatic heterocycles. The normalized spacial score (nSPS) is 18.2. The van der Waals surface area contributed by atoms with Crippen molar-refractivity contribution in [2.45, 2.75) is 56.8 Å². The molecule has 81 heavy (non-hydrogen) atoms. The molecule has 0 aliphatic carbocycles. The summed E-state index contributed by atoms with van der Waals surface area (Å²) in [4.78, 5) is 43.0. The molecule has 12 rings (SSSR count). The zero-order chi connectivity index (χ0) is 56.8. The van der Waals surface area contributed by atoms with E-state index in [-0.39, 0.29) is 30.6 Å². The number of para-hydroxylation sites is 4. The van der Waals surface area contributed by atoms with Gasteiger partial charge in [-0.05, 0) is 103 Å². The highest BCUT2D eigenvalue weighted by Gasteiger charge is 2.32. The van der Waals surface area contributed by atoms with Crippen molar-refractivity contribution in [2.24, 2.45) is 20.0 Å². The zero-order valence-electron chi connectivity index (χ0n) is 43.6. The summed E-state index contributed by atoms with van der Waals surface area (Å²) in [5, 5.41) is 40.8. The summed E-state index contributed by atoms with van der Waals surface area (Å²) in [7, 11) is 3.08. The van der Waals surface area contributed by atoms with Crippen LogP contribution < -0.4 is 19.6 Å². The summed E-state index contributed by atoms with van der Waals surface area (Å²) < 4.78 is 15.0. The third-order valence-electron chi connectivity index (χ3n) is 12.1. The van der Waals surface area contributed by atoms with Crippen molar-refractivity contribution in [1.82, 2.24) is 19.9 Å². The highest BCUT2D eigenvalue weighted by molar-refractivity contribution is 8.13. The molecule has 406 valence electrons. The average molecular weight is 1210 g/mol. The minimum absolute atomic E-state index is 0.000474. The molecule has 25 heteroatoms. The predicted molar refractivity (Wildman–Crippen MR) is 334 cm³/mol. The van der Waals surface area contributed by atoms with E-state index in [2.05, 4.69) is 75.1 Å². The number of thiazole rings is 4. The number of aromatic nitrogens is 4. The fraction of sp³-hybridized carbons (Fsp3) is 0.214. The van der Waals surface area contributed by atoms with Crippen molar-refractivity contribution in [1.29, 1.82) is 21.0 Å². The summed E-state index contributed by atoms with van der Waals surface area (Å²) in [5.74, 6) is 0.439. The first-order valence-electron chi connectivity index (χ1n) is 24.6. The Balaban J connectivity index is 0.000000131. The van der Waals surface area contributed by atoms with Gasteiger partial charge in [0.25, 0.3) is 0 Å². The van der Waals surface area contributed by atoms with Gasteiger partial charge in [0.1, 0.15) is 0 Å². The van der Waals surface area contributed by atoms with Gasteiger partial charge in [-0.15, -0.1) is 0 Å². The van der Waals surface area contributed by atoms with E-state index < -0.39 is 0 Å². The van der Waals surface area contributed by atoms with Crippen LogP contribution in [0.25, 0.3) is 40.9 Å². The van der Waals surface area contributed by atoms with Gasteiger partial charge < -0.3 is 9.47 Å². The number of thioether (sulfide) groups is 1. The lowest BCUT2D eigenvalue weighted by Gasteiger charge is -2.30. The number of ether oxygens (including phenoxy) is 2. The topological polar surface area (TPSA) is 228 Å². The molecule has 8 heterocycles. The minimum atomic E-state index is -0.229. The molecule has 4 aliphatic rings. The van der Waals surface area contributed by atoms with Crippen LogP contribution >= 0.6 is 80.3 Å². The molecule has 4 aromatic heterocycles. The van der Waals surface area contributed by atoms with Crippen LogP contribution in [-0.4, -0.2) is 86.4 Å². The van der Waals surface area contributed by atoms with Gasteiger partial charge in [0, 0.05) is 24.2 Å². The van der Waals surface area contributed by atoms with Crippen LogP contribution in [-0.2, 0) is 9.47 Å². The lowest BCUT2D eigenvalue weighted by atomic mass is 10.1. The summed E-state index contributed by atoms with van der Waals surface area (Å²) in [5.41, 5.74) is 4.58. The van der Waals surface area contributed by atoms with E-state index in [1.165, 1.54) is 11.3 Å². The second-order valence-corrected chi connectivity index (χ2v) is 22.7. The van der Waals surface area contributed by atoms with Crippen molar-refractivity contribution in [3.8, 4) is 24.3 Å². The standard InChI is InChI=1S/C15H14N4O2S.C14H11ClN4S.C14H12N4S2.C13H9ClN4S/c1-20-13-9-10(7-8-16)19(14(18-13)21-2)15-17-11-5-3-4-6-12(11)22-15;1-9-8-10(6-7-16)19(13(15)17-9)14-18-11-4-2-3-5-12(11)20-14;1-19-13-16-9-7-10(6-8-15)18(13)14-17-11-4-2-3-5-12(11)20-14;14-12-16-8-6-9(5-7-15)18(12)13-17-10-3-1-2-4-11(10)19-13/h3-6,9-10H,7H2,1-2H3;2-5,8,10H,6H2,1H3;2-5,7,9-10H,6H2,1H3;1-4,6,8-9H,5H2. The smallest absolute Gasteiger partial charge is 0.302 e. The van der Waals surface area contributed by atoms with Gasteiger partial charge in [0.05, 0.1) is 129 Å². The van der Waals surface area contributed by atoms with Crippen molar-refractivity contribution < 1.29 is 9.47 Å². The maximum Gasteiger partial charge on any atom is 0.302 e. The molecule has 0 radical (unpaired) electrons. The average Bonchev–Trinajstić information content (AvgIpc) is 4.40. The van der Waals surface area contributed by atoms with Gasteiger partial charge in [-0.3, -0.25) is 19.6 Å².